The summed E-state index contributed by atoms with van der Waals surface area (Å²) in [6, 6.07) is 0. The lowest BCUT2D eigenvalue weighted by molar-refractivity contribution is -0.173. The first kappa shape index (κ1) is 9.64. The highest BCUT2D eigenvalue weighted by molar-refractivity contribution is 9.11. The molecule has 3 nitrogen and oxygen atoms in total. The van der Waals surface area contributed by atoms with Gasteiger partial charge in [-0.2, -0.15) is 0 Å². The van der Waals surface area contributed by atoms with Crippen LogP contribution in [0.3, 0.4) is 0 Å². The third-order valence-corrected chi connectivity index (χ3v) is 2.25. The van der Waals surface area contributed by atoms with Crippen molar-refractivity contribution in [2.75, 3.05) is 7.11 Å². The van der Waals surface area contributed by atoms with Crippen molar-refractivity contribution in [3.63, 3.8) is 0 Å². The summed E-state index contributed by atoms with van der Waals surface area (Å²) in [4.78, 5) is 10.5. The molecule has 1 aliphatic carbocycles. The molecule has 0 fully saturated rings. The molecule has 0 amide bonds. The predicted octanol–water partition coefficient (Wildman–Crippen LogP) is 0.985. The van der Waals surface area contributed by atoms with Gasteiger partial charge in [-0.1, -0.05) is 28.1 Å². The molecule has 4 heteroatoms. The average Bonchev–Trinajstić information content (AvgIpc) is 2.05. The fraction of sp³-hybridized carbons (Fsp3) is 0.375. The highest BCUT2D eigenvalue weighted by atomic mass is 79.9. The van der Waals surface area contributed by atoms with Gasteiger partial charge in [-0.15, -0.1) is 0 Å². The normalized spacial score (nSPS) is 34.6. The maximum atomic E-state index is 10.5. The number of halogens is 1. The van der Waals surface area contributed by atoms with Gasteiger partial charge in [0.2, 0.25) is 0 Å². The van der Waals surface area contributed by atoms with Gasteiger partial charge in [-0.3, -0.25) is 0 Å². The van der Waals surface area contributed by atoms with E-state index >= 15 is 0 Å². The number of ether oxygens (including phenoxy) is 1. The van der Waals surface area contributed by atoms with Crippen LogP contribution in [-0.4, -0.2) is 24.3 Å². The zero-order valence-electron chi connectivity index (χ0n) is 6.53. The lowest BCUT2D eigenvalue weighted by atomic mass is 9.95. The van der Waals surface area contributed by atoms with Crippen LogP contribution >= 0.6 is 15.9 Å². The van der Waals surface area contributed by atoms with Crippen molar-refractivity contribution in [1.29, 1.82) is 0 Å². The number of rotatable bonds is 2. The summed E-state index contributed by atoms with van der Waals surface area (Å²) in [5, 5.41) is 9.70. The smallest absolute Gasteiger partial charge is 0.199 e. The first-order chi connectivity index (χ1) is 5.62. The molecule has 0 heterocycles. The van der Waals surface area contributed by atoms with Crippen molar-refractivity contribution in [1.82, 2.24) is 0 Å². The molecular formula is C8H9BrO3. The van der Waals surface area contributed by atoms with Gasteiger partial charge in [0.25, 0.3) is 0 Å². The van der Waals surface area contributed by atoms with Crippen molar-refractivity contribution >= 4 is 22.2 Å². The summed E-state index contributed by atoms with van der Waals surface area (Å²) < 4.78 is 5.52. The Kier molecular flexibility index (Phi) is 2.82. The number of carbonyl (C=O) groups is 1. The standard InChI is InChI=1S/C8H9BrO3/c1-12-8(11)4-7(9)3-2-6(8)5-10/h2-6,11H,1H3. The zero-order valence-corrected chi connectivity index (χ0v) is 8.11. The molecule has 0 aromatic carbocycles. The Morgan fingerprint density at radius 3 is 3.00 bits per heavy atom. The number of carbonyl (C=O) groups excluding carboxylic acids is 1. The lowest BCUT2D eigenvalue weighted by Gasteiger charge is -2.29. The first-order valence-electron chi connectivity index (χ1n) is 3.42. The molecule has 66 valence electrons. The Balaban J connectivity index is 2.96. The van der Waals surface area contributed by atoms with Crippen LogP contribution in [0.5, 0.6) is 0 Å². The SMILES string of the molecule is COC1(O)C=C(Br)C=CC1C=O. The molecule has 0 aromatic rings. The molecule has 1 rings (SSSR count). The van der Waals surface area contributed by atoms with Gasteiger partial charge in [0, 0.05) is 11.6 Å². The first-order valence-corrected chi connectivity index (χ1v) is 4.21. The van der Waals surface area contributed by atoms with E-state index in [1.807, 2.05) is 0 Å². The molecule has 0 bridgehead atoms. The number of hydrogen-bond acceptors (Lipinski definition) is 3. The average molecular weight is 233 g/mol. The summed E-state index contributed by atoms with van der Waals surface area (Å²) in [5.74, 6) is -2.14. The molecule has 12 heavy (non-hydrogen) atoms. The van der Waals surface area contributed by atoms with E-state index in [0.29, 0.717) is 10.8 Å². The summed E-state index contributed by atoms with van der Waals surface area (Å²) in [5.41, 5.74) is 0. The molecule has 1 N–H and O–H groups in total. The number of aldehydes is 1. The van der Waals surface area contributed by atoms with Gasteiger partial charge in [0.15, 0.2) is 5.79 Å². The van der Waals surface area contributed by atoms with Crippen molar-refractivity contribution in [2.45, 2.75) is 5.79 Å². The summed E-state index contributed by atoms with van der Waals surface area (Å²) in [6.45, 7) is 0. The molecule has 0 saturated heterocycles. The minimum atomic E-state index is -1.50. The molecule has 2 atom stereocenters. The van der Waals surface area contributed by atoms with E-state index in [0.717, 1.165) is 0 Å². The third-order valence-electron chi connectivity index (χ3n) is 1.76. The van der Waals surface area contributed by atoms with Crippen molar-refractivity contribution in [2.24, 2.45) is 5.92 Å². The Bertz CT molecular complexity index is 247. The quantitative estimate of drug-likeness (QED) is 0.571. The second-order valence-corrected chi connectivity index (χ2v) is 3.42. The molecule has 0 radical (unpaired) electrons. The largest absolute Gasteiger partial charge is 0.361 e. The Hall–Kier alpha value is -0.450. The van der Waals surface area contributed by atoms with Gasteiger partial charge in [0.05, 0.1) is 5.92 Å². The number of methoxy groups -OCH3 is 1. The van der Waals surface area contributed by atoms with Crippen molar-refractivity contribution < 1.29 is 14.6 Å². The van der Waals surface area contributed by atoms with E-state index in [4.69, 9.17) is 4.74 Å². The van der Waals surface area contributed by atoms with Crippen molar-refractivity contribution in [3.8, 4) is 0 Å². The van der Waals surface area contributed by atoms with Crippen LogP contribution in [0.2, 0.25) is 0 Å². The topological polar surface area (TPSA) is 46.5 Å². The maximum absolute atomic E-state index is 10.5. The van der Waals surface area contributed by atoms with E-state index in [2.05, 4.69) is 15.9 Å². The van der Waals surface area contributed by atoms with Gasteiger partial charge >= 0.3 is 0 Å². The fourth-order valence-electron chi connectivity index (χ4n) is 1.01. The van der Waals surface area contributed by atoms with E-state index in [9.17, 15) is 9.90 Å². The lowest BCUT2D eigenvalue weighted by Crippen LogP contribution is -2.39. The number of allylic oxidation sites excluding steroid dienone is 2. The summed E-state index contributed by atoms with van der Waals surface area (Å²) >= 11 is 3.18. The van der Waals surface area contributed by atoms with Crippen LogP contribution in [0.15, 0.2) is 22.7 Å². The Morgan fingerprint density at radius 1 is 1.83 bits per heavy atom. The molecular weight excluding hydrogens is 224 g/mol. The highest BCUT2D eigenvalue weighted by Gasteiger charge is 2.35. The van der Waals surface area contributed by atoms with Crippen LogP contribution in [0.1, 0.15) is 0 Å². The van der Waals surface area contributed by atoms with Gasteiger partial charge in [-0.25, -0.2) is 0 Å². The van der Waals surface area contributed by atoms with Crippen LogP contribution in [0, 0.1) is 5.92 Å². The van der Waals surface area contributed by atoms with E-state index in [-0.39, 0.29) is 0 Å². The summed E-state index contributed by atoms with van der Waals surface area (Å²) in [6.07, 6.45) is 5.38. The molecule has 0 aromatic heterocycles. The van der Waals surface area contributed by atoms with E-state index < -0.39 is 11.7 Å². The van der Waals surface area contributed by atoms with Gasteiger partial charge < -0.3 is 14.6 Å². The molecule has 1 aliphatic rings. The van der Waals surface area contributed by atoms with Crippen LogP contribution < -0.4 is 0 Å². The van der Waals surface area contributed by atoms with Crippen LogP contribution in [0.25, 0.3) is 0 Å². The molecule has 0 spiro atoms. The molecule has 2 unspecified atom stereocenters. The zero-order chi connectivity index (χ0) is 9.19. The Morgan fingerprint density at radius 2 is 2.50 bits per heavy atom. The van der Waals surface area contributed by atoms with Crippen LogP contribution in [0.4, 0.5) is 0 Å². The summed E-state index contributed by atoms with van der Waals surface area (Å²) in [7, 11) is 1.35. The van der Waals surface area contributed by atoms with Gasteiger partial charge in [0.1, 0.15) is 6.29 Å². The number of aliphatic hydroxyl groups is 1. The van der Waals surface area contributed by atoms with E-state index in [1.165, 1.54) is 13.2 Å². The van der Waals surface area contributed by atoms with Crippen LogP contribution in [-0.2, 0) is 9.53 Å². The molecule has 0 aliphatic heterocycles. The van der Waals surface area contributed by atoms with Gasteiger partial charge in [-0.05, 0) is 6.08 Å². The second kappa shape index (κ2) is 3.51. The highest BCUT2D eigenvalue weighted by Crippen LogP contribution is 2.28. The predicted molar refractivity (Wildman–Crippen MR) is 47.7 cm³/mol. The van der Waals surface area contributed by atoms with E-state index in [1.54, 1.807) is 12.2 Å². The monoisotopic (exact) mass is 232 g/mol. The number of hydrogen-bond donors (Lipinski definition) is 1. The second-order valence-electron chi connectivity index (χ2n) is 2.51. The minimum Gasteiger partial charge on any atom is -0.361 e. The maximum Gasteiger partial charge on any atom is 0.199 e. The Labute approximate surface area is 78.8 Å². The van der Waals surface area contributed by atoms with Crippen molar-refractivity contribution in [3.05, 3.63) is 22.7 Å². The molecule has 0 saturated carbocycles. The fourth-order valence-corrected chi connectivity index (χ4v) is 1.49. The third kappa shape index (κ3) is 1.65. The minimum absolute atomic E-state index is 0.635.